The lowest BCUT2D eigenvalue weighted by Crippen LogP contribution is -2.47. The molecule has 0 radical (unpaired) electrons. The molecule has 20 heavy (non-hydrogen) atoms. The number of nitrogens with one attached hydrogen (secondary N) is 2. The molecule has 3 rings (SSSR count). The normalized spacial score (nSPS) is 24.1. The minimum Gasteiger partial charge on any atom is -0.325 e. The summed E-state index contributed by atoms with van der Waals surface area (Å²) >= 11 is 1.86. The largest absolute Gasteiger partial charge is 0.325 e. The van der Waals surface area contributed by atoms with E-state index >= 15 is 0 Å². The van der Waals surface area contributed by atoms with E-state index in [0.717, 1.165) is 43.8 Å². The molecule has 5 heteroatoms. The van der Waals surface area contributed by atoms with Gasteiger partial charge < -0.3 is 10.6 Å². The van der Waals surface area contributed by atoms with Crippen molar-refractivity contribution in [1.29, 1.82) is 0 Å². The highest BCUT2D eigenvalue weighted by atomic mass is 35.5. The number of halogens is 1. The highest BCUT2D eigenvalue weighted by Crippen LogP contribution is 2.42. The van der Waals surface area contributed by atoms with Gasteiger partial charge in [0.05, 0.1) is 5.41 Å². The Hall–Kier alpha value is -0.710. The predicted molar refractivity (Wildman–Crippen MR) is 88.2 cm³/mol. The molecule has 1 unspecified atom stereocenters. The van der Waals surface area contributed by atoms with Crippen LogP contribution in [0.15, 0.2) is 18.2 Å². The summed E-state index contributed by atoms with van der Waals surface area (Å²) in [6, 6.07) is 6.47. The molecule has 1 amide bonds. The van der Waals surface area contributed by atoms with Crippen LogP contribution < -0.4 is 10.6 Å². The molecule has 2 heterocycles. The SMILES string of the molecule is CSCCc1ccc2c(c1)C1(CCCNC1)C(=O)N2.Cl. The van der Waals surface area contributed by atoms with Gasteiger partial charge in [-0.1, -0.05) is 12.1 Å². The van der Waals surface area contributed by atoms with Crippen molar-refractivity contribution >= 4 is 35.8 Å². The number of fused-ring (bicyclic) bond motifs is 2. The molecule has 1 aromatic carbocycles. The third kappa shape index (κ3) is 2.57. The van der Waals surface area contributed by atoms with E-state index in [1.165, 1.54) is 11.1 Å². The molecule has 0 aromatic heterocycles. The minimum absolute atomic E-state index is 0. The van der Waals surface area contributed by atoms with Crippen LogP contribution in [-0.4, -0.2) is 31.0 Å². The molecular weight excluding hydrogens is 292 g/mol. The van der Waals surface area contributed by atoms with Gasteiger partial charge in [0.1, 0.15) is 0 Å². The number of rotatable bonds is 3. The first-order valence-electron chi connectivity index (χ1n) is 6.91. The van der Waals surface area contributed by atoms with Crippen molar-refractivity contribution in [3.63, 3.8) is 0 Å². The second-order valence-electron chi connectivity index (χ2n) is 5.44. The van der Waals surface area contributed by atoms with Crippen molar-refractivity contribution in [3.05, 3.63) is 29.3 Å². The molecule has 0 aliphatic carbocycles. The molecule has 0 saturated carbocycles. The molecule has 1 fully saturated rings. The summed E-state index contributed by atoms with van der Waals surface area (Å²) in [5, 5.41) is 6.44. The number of aryl methyl sites for hydroxylation is 1. The van der Waals surface area contributed by atoms with Gasteiger partial charge in [0.2, 0.25) is 5.91 Å². The lowest BCUT2D eigenvalue weighted by Gasteiger charge is -2.32. The number of carbonyl (C=O) groups excluding carboxylic acids is 1. The van der Waals surface area contributed by atoms with E-state index in [4.69, 9.17) is 0 Å². The van der Waals surface area contributed by atoms with Gasteiger partial charge in [0, 0.05) is 12.2 Å². The van der Waals surface area contributed by atoms with Crippen molar-refractivity contribution in [2.75, 3.05) is 30.4 Å². The molecular formula is C15H21ClN2OS. The maximum atomic E-state index is 12.4. The average Bonchev–Trinajstić information content (AvgIpc) is 2.70. The molecule has 1 aromatic rings. The second kappa shape index (κ2) is 6.37. The molecule has 2 N–H and O–H groups in total. The van der Waals surface area contributed by atoms with Gasteiger partial charge in [-0.15, -0.1) is 12.4 Å². The Morgan fingerprint density at radius 2 is 2.25 bits per heavy atom. The zero-order valence-electron chi connectivity index (χ0n) is 11.7. The van der Waals surface area contributed by atoms with Crippen LogP contribution in [0.4, 0.5) is 5.69 Å². The van der Waals surface area contributed by atoms with Gasteiger partial charge in [-0.25, -0.2) is 0 Å². The van der Waals surface area contributed by atoms with E-state index in [0.29, 0.717) is 0 Å². The Kier molecular flexibility index (Phi) is 4.99. The Labute approximate surface area is 130 Å². The van der Waals surface area contributed by atoms with Gasteiger partial charge in [-0.05, 0) is 55.0 Å². The van der Waals surface area contributed by atoms with E-state index < -0.39 is 0 Å². The first-order chi connectivity index (χ1) is 9.26. The zero-order valence-corrected chi connectivity index (χ0v) is 13.3. The minimum atomic E-state index is -0.317. The number of hydrogen-bond donors (Lipinski definition) is 2. The van der Waals surface area contributed by atoms with Gasteiger partial charge in [0.25, 0.3) is 0 Å². The van der Waals surface area contributed by atoms with Crippen molar-refractivity contribution < 1.29 is 4.79 Å². The van der Waals surface area contributed by atoms with E-state index in [1.807, 2.05) is 11.8 Å². The first kappa shape index (κ1) is 15.7. The highest BCUT2D eigenvalue weighted by Gasteiger charge is 2.47. The third-order valence-electron chi connectivity index (χ3n) is 4.26. The van der Waals surface area contributed by atoms with Crippen LogP contribution >= 0.6 is 24.2 Å². The van der Waals surface area contributed by atoms with Crippen molar-refractivity contribution in [2.45, 2.75) is 24.7 Å². The summed E-state index contributed by atoms with van der Waals surface area (Å²) in [6.45, 7) is 1.80. The van der Waals surface area contributed by atoms with Crippen molar-refractivity contribution in [3.8, 4) is 0 Å². The molecule has 1 spiro atoms. The zero-order chi connectivity index (χ0) is 13.3. The Morgan fingerprint density at radius 3 is 2.95 bits per heavy atom. The van der Waals surface area contributed by atoms with Crippen LogP contribution in [0.5, 0.6) is 0 Å². The van der Waals surface area contributed by atoms with E-state index in [9.17, 15) is 4.79 Å². The highest BCUT2D eigenvalue weighted by molar-refractivity contribution is 7.98. The first-order valence-corrected chi connectivity index (χ1v) is 8.30. The summed E-state index contributed by atoms with van der Waals surface area (Å²) < 4.78 is 0. The maximum Gasteiger partial charge on any atom is 0.236 e. The summed E-state index contributed by atoms with van der Waals surface area (Å²) in [6.07, 6.45) is 5.24. The lowest BCUT2D eigenvalue weighted by molar-refractivity contribution is -0.121. The number of thioether (sulfide) groups is 1. The number of piperidine rings is 1. The number of hydrogen-bond acceptors (Lipinski definition) is 3. The fourth-order valence-corrected chi connectivity index (χ4v) is 3.60. The topological polar surface area (TPSA) is 41.1 Å². The predicted octanol–water partition coefficient (Wildman–Crippen LogP) is 2.59. The monoisotopic (exact) mass is 312 g/mol. The maximum absolute atomic E-state index is 12.4. The molecule has 2 aliphatic heterocycles. The number of benzene rings is 1. The van der Waals surface area contributed by atoms with Gasteiger partial charge in [-0.3, -0.25) is 4.79 Å². The lowest BCUT2D eigenvalue weighted by atomic mass is 9.75. The standard InChI is InChI=1S/C15H20N2OS.ClH/c1-19-8-5-11-3-4-13-12(9-11)15(14(18)17-13)6-2-7-16-10-15;/h3-4,9,16H,2,5-8,10H2,1H3,(H,17,18);1H. The van der Waals surface area contributed by atoms with E-state index in [1.54, 1.807) is 0 Å². The summed E-state index contributed by atoms with van der Waals surface area (Å²) in [4.78, 5) is 12.4. The van der Waals surface area contributed by atoms with Crippen LogP contribution in [0.25, 0.3) is 0 Å². The van der Waals surface area contributed by atoms with E-state index in [2.05, 4.69) is 35.1 Å². The Balaban J connectivity index is 0.00000147. The molecule has 1 atom stereocenters. The fourth-order valence-electron chi connectivity index (χ4n) is 3.17. The average molecular weight is 313 g/mol. The van der Waals surface area contributed by atoms with Crippen molar-refractivity contribution in [2.24, 2.45) is 0 Å². The molecule has 1 saturated heterocycles. The number of amides is 1. The van der Waals surface area contributed by atoms with Crippen molar-refractivity contribution in [1.82, 2.24) is 5.32 Å². The summed E-state index contributed by atoms with van der Waals surface area (Å²) in [5.41, 5.74) is 3.25. The van der Waals surface area contributed by atoms with Crippen LogP contribution in [-0.2, 0) is 16.6 Å². The van der Waals surface area contributed by atoms with Crippen LogP contribution in [0.2, 0.25) is 0 Å². The number of anilines is 1. The van der Waals surface area contributed by atoms with Gasteiger partial charge in [0.15, 0.2) is 0 Å². The number of carbonyl (C=O) groups is 1. The van der Waals surface area contributed by atoms with Crippen LogP contribution in [0, 0.1) is 0 Å². The van der Waals surface area contributed by atoms with Crippen LogP contribution in [0.1, 0.15) is 24.0 Å². The van der Waals surface area contributed by atoms with Gasteiger partial charge >= 0.3 is 0 Å². The Morgan fingerprint density at radius 1 is 1.40 bits per heavy atom. The van der Waals surface area contributed by atoms with Gasteiger partial charge in [-0.2, -0.15) is 11.8 Å². The smallest absolute Gasteiger partial charge is 0.236 e. The van der Waals surface area contributed by atoms with E-state index in [-0.39, 0.29) is 23.7 Å². The molecule has 110 valence electrons. The molecule has 3 nitrogen and oxygen atoms in total. The summed E-state index contributed by atoms with van der Waals surface area (Å²) in [7, 11) is 0. The quantitative estimate of drug-likeness (QED) is 0.901. The Bertz CT molecular complexity index is 501. The molecule has 0 bridgehead atoms. The third-order valence-corrected chi connectivity index (χ3v) is 4.87. The molecule has 2 aliphatic rings. The second-order valence-corrected chi connectivity index (χ2v) is 6.42. The summed E-state index contributed by atoms with van der Waals surface area (Å²) in [5.74, 6) is 1.31. The van der Waals surface area contributed by atoms with Crippen LogP contribution in [0.3, 0.4) is 0 Å². The fraction of sp³-hybridized carbons (Fsp3) is 0.533.